The predicted octanol–water partition coefficient (Wildman–Crippen LogP) is 2.41. The van der Waals surface area contributed by atoms with Crippen molar-refractivity contribution >= 4 is 5.65 Å². The fourth-order valence-corrected chi connectivity index (χ4v) is 3.31. The van der Waals surface area contributed by atoms with Gasteiger partial charge in [-0.2, -0.15) is 0 Å². The zero-order valence-corrected chi connectivity index (χ0v) is 11.9. The summed E-state index contributed by atoms with van der Waals surface area (Å²) < 4.78 is 4.30. The molecule has 0 aliphatic heterocycles. The van der Waals surface area contributed by atoms with Gasteiger partial charge in [0.15, 0.2) is 0 Å². The van der Waals surface area contributed by atoms with E-state index in [0.717, 1.165) is 17.9 Å². The molecule has 3 aromatic rings. The van der Waals surface area contributed by atoms with Crippen molar-refractivity contribution in [1.82, 2.24) is 24.3 Å². The molecule has 5 nitrogen and oxygen atoms in total. The number of aromatic nitrogens is 4. The van der Waals surface area contributed by atoms with E-state index < -0.39 is 0 Å². The minimum absolute atomic E-state index is 0.504. The lowest BCUT2D eigenvalue weighted by Crippen LogP contribution is -2.33. The molecule has 3 heterocycles. The molecule has 0 spiro atoms. The maximum Gasteiger partial charge on any atom is 0.137 e. The van der Waals surface area contributed by atoms with E-state index in [1.54, 1.807) is 0 Å². The molecule has 4 rings (SSSR count). The van der Waals surface area contributed by atoms with E-state index in [1.807, 2.05) is 36.9 Å². The molecule has 1 N–H and O–H groups in total. The van der Waals surface area contributed by atoms with E-state index in [-0.39, 0.29) is 0 Å². The van der Waals surface area contributed by atoms with Crippen molar-refractivity contribution in [3.63, 3.8) is 0 Å². The average Bonchev–Trinajstić information content (AvgIpc) is 3.23. The second kappa shape index (κ2) is 5.33. The molecule has 0 radical (unpaired) electrons. The summed E-state index contributed by atoms with van der Waals surface area (Å²) in [4.78, 5) is 8.81. The minimum Gasteiger partial charge on any atom is -0.333 e. The van der Waals surface area contributed by atoms with Gasteiger partial charge in [0.05, 0.1) is 12.0 Å². The summed E-state index contributed by atoms with van der Waals surface area (Å²) in [5, 5.41) is 3.67. The van der Waals surface area contributed by atoms with Crippen LogP contribution in [0, 0.1) is 0 Å². The van der Waals surface area contributed by atoms with Gasteiger partial charge in [0.2, 0.25) is 0 Å². The van der Waals surface area contributed by atoms with E-state index in [0.29, 0.717) is 12.1 Å². The molecule has 108 valence electrons. The second-order valence-corrected chi connectivity index (χ2v) is 5.69. The molecule has 0 amide bonds. The highest BCUT2D eigenvalue weighted by Gasteiger charge is 2.27. The van der Waals surface area contributed by atoms with Crippen LogP contribution in [0.1, 0.15) is 31.0 Å². The Morgan fingerprint density at radius 2 is 2.24 bits per heavy atom. The van der Waals surface area contributed by atoms with E-state index in [2.05, 4.69) is 36.6 Å². The Hall–Kier alpha value is -2.14. The van der Waals surface area contributed by atoms with Crippen molar-refractivity contribution in [2.75, 3.05) is 0 Å². The SMILES string of the molecule is c1ccn2cc(CNC3CCCC3n3ccnc3)nc2c1. The lowest BCUT2D eigenvalue weighted by molar-refractivity contribution is 0.389. The molecular weight excluding hydrogens is 262 g/mol. The molecular formula is C16H19N5. The molecule has 21 heavy (non-hydrogen) atoms. The molecule has 2 unspecified atom stereocenters. The molecule has 0 aromatic carbocycles. The van der Waals surface area contributed by atoms with Crippen LogP contribution in [0.5, 0.6) is 0 Å². The topological polar surface area (TPSA) is 47.1 Å². The first-order chi connectivity index (χ1) is 10.4. The molecule has 0 saturated heterocycles. The second-order valence-electron chi connectivity index (χ2n) is 5.69. The van der Waals surface area contributed by atoms with Gasteiger partial charge in [0, 0.05) is 43.4 Å². The van der Waals surface area contributed by atoms with Gasteiger partial charge in [-0.05, 0) is 31.4 Å². The number of imidazole rings is 2. The quantitative estimate of drug-likeness (QED) is 0.799. The highest BCUT2D eigenvalue weighted by molar-refractivity contribution is 5.39. The molecule has 5 heteroatoms. The van der Waals surface area contributed by atoms with Crippen LogP contribution in [0.25, 0.3) is 5.65 Å². The molecule has 1 fully saturated rings. The number of hydrogen-bond donors (Lipinski definition) is 1. The number of pyridine rings is 1. The Kier molecular flexibility index (Phi) is 3.20. The highest BCUT2D eigenvalue weighted by Crippen LogP contribution is 2.30. The molecule has 0 bridgehead atoms. The summed E-state index contributed by atoms with van der Waals surface area (Å²) in [5.74, 6) is 0. The first-order valence-corrected chi connectivity index (χ1v) is 7.53. The number of rotatable bonds is 4. The largest absolute Gasteiger partial charge is 0.333 e. The van der Waals surface area contributed by atoms with Crippen LogP contribution in [0.4, 0.5) is 0 Å². The lowest BCUT2D eigenvalue weighted by Gasteiger charge is -2.21. The summed E-state index contributed by atoms with van der Waals surface area (Å²) in [6.45, 7) is 0.817. The first kappa shape index (κ1) is 12.6. The Labute approximate surface area is 123 Å². The monoisotopic (exact) mass is 281 g/mol. The van der Waals surface area contributed by atoms with Gasteiger partial charge in [-0.1, -0.05) is 6.07 Å². The molecule has 1 saturated carbocycles. The van der Waals surface area contributed by atoms with Crippen LogP contribution in [0.15, 0.2) is 49.3 Å². The zero-order chi connectivity index (χ0) is 14.1. The minimum atomic E-state index is 0.504. The van der Waals surface area contributed by atoms with Crippen molar-refractivity contribution < 1.29 is 0 Å². The summed E-state index contributed by atoms with van der Waals surface area (Å²) in [6.07, 6.45) is 13.7. The fraction of sp³-hybridized carbons (Fsp3) is 0.375. The lowest BCUT2D eigenvalue weighted by atomic mass is 10.1. The standard InChI is InChI=1S/C16H19N5/c1-2-8-20-11-13(19-16(20)6-1)10-18-14-4-3-5-15(14)21-9-7-17-12-21/h1-2,6-9,11-12,14-15,18H,3-5,10H2. The van der Waals surface area contributed by atoms with Crippen LogP contribution in [0.2, 0.25) is 0 Å². The Balaban J connectivity index is 1.46. The zero-order valence-electron chi connectivity index (χ0n) is 11.9. The fourth-order valence-electron chi connectivity index (χ4n) is 3.31. The van der Waals surface area contributed by atoms with Crippen LogP contribution in [-0.2, 0) is 6.54 Å². The maximum atomic E-state index is 4.64. The van der Waals surface area contributed by atoms with E-state index in [4.69, 9.17) is 0 Å². The van der Waals surface area contributed by atoms with E-state index >= 15 is 0 Å². The Bertz CT molecular complexity index is 682. The Morgan fingerprint density at radius 3 is 3.10 bits per heavy atom. The highest BCUT2D eigenvalue weighted by atomic mass is 15.1. The van der Waals surface area contributed by atoms with Crippen molar-refractivity contribution in [3.8, 4) is 0 Å². The predicted molar refractivity (Wildman–Crippen MR) is 80.9 cm³/mol. The third-order valence-electron chi connectivity index (χ3n) is 4.35. The van der Waals surface area contributed by atoms with Crippen molar-refractivity contribution in [3.05, 3.63) is 55.0 Å². The maximum absolute atomic E-state index is 4.64. The average molecular weight is 281 g/mol. The van der Waals surface area contributed by atoms with Gasteiger partial charge < -0.3 is 14.3 Å². The Morgan fingerprint density at radius 1 is 1.24 bits per heavy atom. The van der Waals surface area contributed by atoms with Crippen LogP contribution < -0.4 is 5.32 Å². The van der Waals surface area contributed by atoms with Gasteiger partial charge in [0.25, 0.3) is 0 Å². The summed E-state index contributed by atoms with van der Waals surface area (Å²) in [5.41, 5.74) is 2.10. The summed E-state index contributed by atoms with van der Waals surface area (Å²) in [6, 6.07) is 7.10. The van der Waals surface area contributed by atoms with Gasteiger partial charge in [-0.15, -0.1) is 0 Å². The van der Waals surface area contributed by atoms with Crippen LogP contribution in [-0.4, -0.2) is 25.0 Å². The first-order valence-electron chi connectivity index (χ1n) is 7.53. The summed E-state index contributed by atoms with van der Waals surface area (Å²) >= 11 is 0. The van der Waals surface area contributed by atoms with Crippen molar-refractivity contribution in [2.24, 2.45) is 0 Å². The van der Waals surface area contributed by atoms with Gasteiger partial charge in [0.1, 0.15) is 5.65 Å². The number of hydrogen-bond acceptors (Lipinski definition) is 3. The van der Waals surface area contributed by atoms with E-state index in [9.17, 15) is 0 Å². The summed E-state index contributed by atoms with van der Waals surface area (Å²) in [7, 11) is 0. The van der Waals surface area contributed by atoms with E-state index in [1.165, 1.54) is 19.3 Å². The molecule has 3 aromatic heterocycles. The number of nitrogens with one attached hydrogen (secondary N) is 1. The third-order valence-corrected chi connectivity index (χ3v) is 4.35. The normalized spacial score (nSPS) is 22.1. The number of nitrogens with zero attached hydrogens (tertiary/aromatic N) is 4. The molecule has 1 aliphatic carbocycles. The third kappa shape index (κ3) is 2.45. The van der Waals surface area contributed by atoms with Crippen molar-refractivity contribution in [2.45, 2.75) is 37.9 Å². The van der Waals surface area contributed by atoms with Gasteiger partial charge >= 0.3 is 0 Å². The number of fused-ring (bicyclic) bond motifs is 1. The van der Waals surface area contributed by atoms with Crippen LogP contribution >= 0.6 is 0 Å². The van der Waals surface area contributed by atoms with Crippen molar-refractivity contribution in [1.29, 1.82) is 0 Å². The molecule has 1 aliphatic rings. The smallest absolute Gasteiger partial charge is 0.137 e. The van der Waals surface area contributed by atoms with Gasteiger partial charge in [-0.3, -0.25) is 0 Å². The van der Waals surface area contributed by atoms with Crippen LogP contribution in [0.3, 0.4) is 0 Å². The van der Waals surface area contributed by atoms with Gasteiger partial charge in [-0.25, -0.2) is 9.97 Å². The molecule has 2 atom stereocenters.